The number of carbonyl (C=O) groups is 7. The van der Waals surface area contributed by atoms with Crippen LogP contribution in [-0.4, -0.2) is 339 Å². The van der Waals surface area contributed by atoms with Crippen molar-refractivity contribution in [2.45, 2.75) is 51.4 Å². The second kappa shape index (κ2) is 52.7. The minimum absolute atomic E-state index is 0.0183. The summed E-state index contributed by atoms with van der Waals surface area (Å²) in [7, 11) is 0. The molecular weight excluding hydrogens is 1770 g/mol. The van der Waals surface area contributed by atoms with Crippen molar-refractivity contribution >= 4 is 164 Å². The maximum Gasteiger partial charge on any atom is 0.356 e. The van der Waals surface area contributed by atoms with Crippen LogP contribution in [0.1, 0.15) is 112 Å². The molecule has 0 aromatic carbocycles. The van der Waals surface area contributed by atoms with E-state index in [2.05, 4.69) is 111 Å². The molecule has 8 aromatic heterocycles. The van der Waals surface area contributed by atoms with Crippen molar-refractivity contribution in [1.82, 2.24) is 84.6 Å². The molecule has 0 aliphatic carbocycles. The highest BCUT2D eigenvalue weighted by molar-refractivity contribution is 6.38. The summed E-state index contributed by atoms with van der Waals surface area (Å²) in [4.78, 5) is 141. The number of piperidine rings is 1. The standard InChI is InChI=1S/C12H11ClN4O2.2C11H15ClN4O3.C11H14ClN3O4.C11H14ClN3O3.C8H10ClN3O3.C7H8ClN3O3/c13-9-10(12(18)19)16-7-17-11(9)15-6-3-8-1-4-14-5-2-8;12-8-9(11(18)19)13-7-14-10(8)16-3-1-15(2-4-16)5-6-17;12-8-9(11(17)18)14-7-15-10(8)13-1-2-16-3-5-19-6-4-16;1-11(2)18-4-6(19-11)3-13-9-7(12)8(10(16)17)14-5-15-9;12-8-9(11(17)18)13-6-14-10(8)15-3-1-7(5-16)2-4-15;9-5-6(8(14)15)11-4-12-7(5)10-2-1-3-13;8-4-5(7(13)14)10-3-11-6(4)9-1-2-12/h1-2,4-5,7H,3,6H2,(H,18,19)(H,15,16,17);7,17H,1-6H2,(H,18,19);7H,1-6H2,(H,17,18)(H,13,14,15);5-6H,3-4H2,1-2H3,(H,16,17)(H,13,14,15);6-7,16H,1-5H2,(H,17,18);4,13H,1-3H2,(H,14,15)(H,10,11,12);3,12H,1-2H2,(H,13,14)(H,9,10,11). The predicted octanol–water partition coefficient (Wildman–Crippen LogP) is 5.68. The average Bonchev–Trinajstić information content (AvgIpc) is 1.22. The highest BCUT2D eigenvalue weighted by Crippen LogP contribution is 2.32. The summed E-state index contributed by atoms with van der Waals surface area (Å²) in [5.74, 6) is -6.25. The van der Waals surface area contributed by atoms with Crippen molar-refractivity contribution in [3.63, 3.8) is 0 Å². The normalized spacial score (nSPS) is 14.8. The maximum atomic E-state index is 11.0. The second-order valence-corrected chi connectivity index (χ2v) is 28.5. The number of aliphatic hydroxyl groups excluding tert-OH is 4. The molecule has 12 heterocycles. The number of β-amino-alcohol motifs (C(OH)–C–C–N with tert-alkyl or cyclic N) is 1. The molecule has 4 saturated heterocycles. The van der Waals surface area contributed by atoms with Crippen LogP contribution in [0.15, 0.2) is 68.8 Å². The average molecular weight is 1860 g/mol. The fourth-order valence-electron chi connectivity index (χ4n) is 10.9. The molecule has 0 spiro atoms. The molecule has 0 bridgehead atoms. The molecule has 8 aromatic rings. The van der Waals surface area contributed by atoms with Gasteiger partial charge in [-0.3, -0.25) is 14.8 Å². The summed E-state index contributed by atoms with van der Waals surface area (Å²) in [6.07, 6.45) is 14.4. The molecule has 12 rings (SSSR count). The molecule has 123 heavy (non-hydrogen) atoms. The number of morpholine rings is 1. The Labute approximate surface area is 735 Å². The third-order valence-corrected chi connectivity index (χ3v) is 19.5. The summed E-state index contributed by atoms with van der Waals surface area (Å²) >= 11 is 41.2. The van der Waals surface area contributed by atoms with E-state index in [0.717, 1.165) is 89.7 Å². The van der Waals surface area contributed by atoms with Crippen molar-refractivity contribution in [1.29, 1.82) is 0 Å². The second-order valence-electron chi connectivity index (χ2n) is 25.8. The molecule has 0 amide bonds. The van der Waals surface area contributed by atoms with E-state index in [-0.39, 0.29) is 132 Å². The number of ether oxygens (including phenoxy) is 3. The van der Waals surface area contributed by atoms with Crippen LogP contribution in [-0.2, 0) is 20.6 Å². The van der Waals surface area contributed by atoms with Crippen LogP contribution >= 0.6 is 81.2 Å². The number of rotatable bonds is 30. The van der Waals surface area contributed by atoms with E-state index < -0.39 is 47.6 Å². The van der Waals surface area contributed by atoms with Gasteiger partial charge in [0.1, 0.15) is 115 Å². The molecule has 45 nitrogen and oxygen atoms in total. The molecule has 16 N–H and O–H groups in total. The minimum atomic E-state index is -1.22. The van der Waals surface area contributed by atoms with Crippen molar-refractivity contribution in [3.05, 3.63) is 149 Å². The number of hydrogen-bond donors (Lipinski definition) is 16. The Bertz CT molecular complexity index is 4770. The zero-order valence-corrected chi connectivity index (χ0v) is 70.8. The summed E-state index contributed by atoms with van der Waals surface area (Å²) in [5, 5.41) is 112. The van der Waals surface area contributed by atoms with Gasteiger partial charge in [0.05, 0.1) is 33.0 Å². The first kappa shape index (κ1) is 101. The topological polar surface area (TPSA) is 636 Å². The van der Waals surface area contributed by atoms with Crippen LogP contribution in [0.4, 0.5) is 40.7 Å². The fraction of sp³-hybridized carbons (Fsp3) is 0.437. The number of carboxylic acids is 7. The van der Waals surface area contributed by atoms with Gasteiger partial charge >= 0.3 is 41.8 Å². The van der Waals surface area contributed by atoms with Crippen LogP contribution in [0.2, 0.25) is 35.2 Å². The Morgan fingerprint density at radius 1 is 0.415 bits per heavy atom. The summed E-state index contributed by atoms with van der Waals surface area (Å²) in [6, 6.07) is 3.82. The van der Waals surface area contributed by atoms with Crippen LogP contribution in [0.5, 0.6) is 0 Å². The summed E-state index contributed by atoms with van der Waals surface area (Å²) in [5.41, 5.74) is -0.362. The Kier molecular flexibility index (Phi) is 43.3. The van der Waals surface area contributed by atoms with Gasteiger partial charge in [0.25, 0.3) is 0 Å². The number of nitrogens with one attached hydrogen (secondary N) is 5. The smallest absolute Gasteiger partial charge is 0.356 e. The van der Waals surface area contributed by atoms with E-state index in [4.69, 9.17) is 152 Å². The van der Waals surface area contributed by atoms with Gasteiger partial charge in [0, 0.05) is 124 Å². The van der Waals surface area contributed by atoms with Crippen LogP contribution in [0, 0.1) is 5.92 Å². The van der Waals surface area contributed by atoms with E-state index in [1.54, 1.807) is 12.4 Å². The van der Waals surface area contributed by atoms with Crippen LogP contribution in [0.25, 0.3) is 0 Å². The largest absolute Gasteiger partial charge is 0.476 e. The molecule has 4 fully saturated rings. The van der Waals surface area contributed by atoms with Crippen molar-refractivity contribution in [2.24, 2.45) is 5.92 Å². The number of pyridine rings is 1. The Balaban J connectivity index is 0.000000223. The number of aromatic nitrogens is 15. The van der Waals surface area contributed by atoms with Crippen LogP contribution in [0.3, 0.4) is 0 Å². The number of halogens is 7. The fourth-order valence-corrected chi connectivity index (χ4v) is 12.7. The first-order valence-electron chi connectivity index (χ1n) is 36.9. The molecule has 1 atom stereocenters. The highest BCUT2D eigenvalue weighted by Gasteiger charge is 2.33. The Hall–Kier alpha value is -10.7. The minimum Gasteiger partial charge on any atom is -0.476 e. The number of hydrogen-bond acceptors (Lipinski definition) is 38. The van der Waals surface area contributed by atoms with Gasteiger partial charge in [-0.25, -0.2) is 103 Å². The first-order chi connectivity index (χ1) is 58.8. The van der Waals surface area contributed by atoms with Gasteiger partial charge in [-0.05, 0) is 63.1 Å². The molecule has 0 radical (unpaired) electrons. The van der Waals surface area contributed by atoms with E-state index >= 15 is 0 Å². The number of aromatic carboxylic acids is 7. The number of piperazine rings is 1. The van der Waals surface area contributed by atoms with Gasteiger partial charge in [-0.15, -0.1) is 0 Å². The lowest BCUT2D eigenvalue weighted by Gasteiger charge is -2.35. The van der Waals surface area contributed by atoms with E-state index in [9.17, 15) is 33.6 Å². The Morgan fingerprint density at radius 3 is 1.14 bits per heavy atom. The molecular formula is C71H87Cl7N24O21. The van der Waals surface area contributed by atoms with E-state index in [0.29, 0.717) is 101 Å². The van der Waals surface area contributed by atoms with Crippen molar-refractivity contribution in [2.75, 3.05) is 181 Å². The lowest BCUT2D eigenvalue weighted by molar-refractivity contribution is -0.136. The number of carboxylic acid groups (broad SMARTS) is 7. The third kappa shape index (κ3) is 32.8. The number of nitrogens with zero attached hydrogens (tertiary/aromatic N) is 19. The van der Waals surface area contributed by atoms with Gasteiger partial charge < -0.3 is 107 Å². The number of anilines is 7. The summed E-state index contributed by atoms with van der Waals surface area (Å²) in [6.45, 7) is 15.9. The van der Waals surface area contributed by atoms with Gasteiger partial charge in [0.15, 0.2) is 57.3 Å². The van der Waals surface area contributed by atoms with Gasteiger partial charge in [-0.2, -0.15) is 0 Å². The lowest BCUT2D eigenvalue weighted by Crippen LogP contribution is -2.47. The zero-order valence-electron chi connectivity index (χ0n) is 65.5. The molecule has 0 saturated carbocycles. The first-order valence-corrected chi connectivity index (χ1v) is 39.5. The Morgan fingerprint density at radius 2 is 0.772 bits per heavy atom. The molecule has 1 unspecified atom stereocenters. The van der Waals surface area contributed by atoms with Gasteiger partial charge in [0.2, 0.25) is 0 Å². The molecule has 52 heteroatoms. The highest BCUT2D eigenvalue weighted by atomic mass is 35.5. The third-order valence-electron chi connectivity index (χ3n) is 17.0. The molecule has 4 aliphatic rings. The zero-order chi connectivity index (χ0) is 90.1. The summed E-state index contributed by atoms with van der Waals surface area (Å²) < 4.78 is 16.3. The lowest BCUT2D eigenvalue weighted by atomic mass is 9.98. The van der Waals surface area contributed by atoms with Crippen molar-refractivity contribution in [3.8, 4) is 0 Å². The molecule has 4 aliphatic heterocycles. The number of aliphatic hydroxyl groups is 4. The van der Waals surface area contributed by atoms with Crippen molar-refractivity contribution < 1.29 is 104 Å². The maximum absolute atomic E-state index is 11.0. The van der Waals surface area contributed by atoms with Crippen LogP contribution < -0.4 is 36.4 Å². The molecule has 666 valence electrons. The SMILES string of the molecule is CC1(C)OCC(CNc2ncnc(C(=O)O)c2Cl)O1.O=C(O)c1ncnc(N2CCC(CO)CC2)c1Cl.O=C(O)c1ncnc(N2CCN(CCO)CC2)c1Cl.O=C(O)c1ncnc(NCCCO)c1Cl.O=C(O)c1ncnc(NCCN2CCOCC2)c1Cl.O=C(O)c1ncnc(NCCO)c1Cl.O=C(O)c1ncnc(NCCc2ccncc2)c1Cl. The van der Waals surface area contributed by atoms with E-state index in [1.165, 1.54) is 25.3 Å². The van der Waals surface area contributed by atoms with Gasteiger partial charge in [-0.1, -0.05) is 81.2 Å². The predicted molar refractivity (Wildman–Crippen MR) is 447 cm³/mol. The van der Waals surface area contributed by atoms with E-state index in [1.807, 2.05) is 35.8 Å². The quantitative estimate of drug-likeness (QED) is 0.0241. The monoisotopic (exact) mass is 1860 g/mol.